The molecule has 210 valence electrons. The van der Waals surface area contributed by atoms with Gasteiger partial charge in [0, 0.05) is 25.9 Å². The van der Waals surface area contributed by atoms with Gasteiger partial charge in [-0.05, 0) is 35.6 Å². The first kappa shape index (κ1) is 31.3. The number of nitroso groups, excluding NO2 is 1. The number of carboxylic acid groups (broad SMARTS) is 1. The summed E-state index contributed by atoms with van der Waals surface area (Å²) in [5.74, 6) is -0.572. The molecule has 38 heavy (non-hydrogen) atoms. The number of carbonyl (C=O) groups is 1. The van der Waals surface area contributed by atoms with Crippen LogP contribution in [0.15, 0.2) is 64.7 Å². The van der Waals surface area contributed by atoms with Gasteiger partial charge in [0.2, 0.25) is 10.0 Å². The first-order chi connectivity index (χ1) is 17.7. The lowest BCUT2D eigenvalue weighted by atomic mass is 9.99. The number of benzene rings is 2. The molecule has 0 bridgehead atoms. The van der Waals surface area contributed by atoms with Crippen LogP contribution < -0.4 is 0 Å². The van der Waals surface area contributed by atoms with Gasteiger partial charge in [0.15, 0.2) is 0 Å². The van der Waals surface area contributed by atoms with Crippen LogP contribution in [-0.2, 0) is 32.8 Å². The van der Waals surface area contributed by atoms with Crippen LogP contribution in [0.3, 0.4) is 0 Å². The Morgan fingerprint density at radius 1 is 0.947 bits per heavy atom. The number of nitrogens with zero attached hydrogens (tertiary/aromatic N) is 3. The molecule has 0 saturated heterocycles. The monoisotopic (exact) mass is 569 g/mol. The van der Waals surface area contributed by atoms with Crippen molar-refractivity contribution < 1.29 is 31.8 Å². The summed E-state index contributed by atoms with van der Waals surface area (Å²) in [7, 11) is -7.62. The molecule has 0 aliphatic heterocycles. The summed E-state index contributed by atoms with van der Waals surface area (Å²) in [6.45, 7) is 2.76. The zero-order valence-electron chi connectivity index (χ0n) is 21.7. The van der Waals surface area contributed by atoms with Crippen molar-refractivity contribution in [2.24, 2.45) is 11.1 Å². The summed E-state index contributed by atoms with van der Waals surface area (Å²) < 4.78 is 51.7. The summed E-state index contributed by atoms with van der Waals surface area (Å²) >= 11 is 0. The van der Waals surface area contributed by atoms with E-state index in [1.165, 1.54) is 24.3 Å². The van der Waals surface area contributed by atoms with Gasteiger partial charge in [0.1, 0.15) is 16.4 Å². The molecule has 0 radical (unpaired) electrons. The number of sulfone groups is 1. The first-order valence-electron chi connectivity index (χ1n) is 12.0. The molecule has 0 aliphatic rings. The lowest BCUT2D eigenvalue weighted by Crippen LogP contribution is -2.53. The van der Waals surface area contributed by atoms with Crippen LogP contribution in [0.2, 0.25) is 0 Å². The number of hydrogen-bond donors (Lipinski definition) is 2. The van der Waals surface area contributed by atoms with Crippen molar-refractivity contribution in [2.45, 2.75) is 43.9 Å². The van der Waals surface area contributed by atoms with Crippen molar-refractivity contribution in [1.29, 1.82) is 0 Å². The molecule has 0 heterocycles. The highest BCUT2D eigenvalue weighted by Gasteiger charge is 2.35. The van der Waals surface area contributed by atoms with Crippen molar-refractivity contribution in [3.8, 4) is 0 Å². The van der Waals surface area contributed by atoms with Crippen molar-refractivity contribution in [3.05, 3.63) is 70.6 Å². The molecule has 0 unspecified atom stereocenters. The largest absolute Gasteiger partial charge is 0.465 e. The summed E-state index contributed by atoms with van der Waals surface area (Å²) in [5, 5.41) is 24.0. The normalized spacial score (nSPS) is 13.8. The number of sulfonamides is 1. The minimum atomic E-state index is -4.11. The molecule has 0 spiro atoms. The summed E-state index contributed by atoms with van der Waals surface area (Å²) in [5.41, 5.74) is 1.24. The van der Waals surface area contributed by atoms with Crippen LogP contribution >= 0.6 is 0 Å². The minimum Gasteiger partial charge on any atom is -0.465 e. The number of hydrogen-bond acceptors (Lipinski definition) is 8. The van der Waals surface area contributed by atoms with Crippen LogP contribution in [0, 0.1) is 10.8 Å². The van der Waals surface area contributed by atoms with E-state index in [-0.39, 0.29) is 36.9 Å². The number of aliphatic hydroxyl groups excluding tert-OH is 1. The maximum absolute atomic E-state index is 13.5. The molecule has 0 aromatic heterocycles. The smallest absolute Gasteiger partial charge is 0.407 e. The Kier molecular flexibility index (Phi) is 11.4. The lowest BCUT2D eigenvalue weighted by molar-refractivity contribution is 0.0395. The summed E-state index contributed by atoms with van der Waals surface area (Å²) in [4.78, 5) is 23.5. The van der Waals surface area contributed by atoms with Gasteiger partial charge in [-0.2, -0.15) is 9.21 Å². The van der Waals surface area contributed by atoms with Gasteiger partial charge in [0.25, 0.3) is 0 Å². The van der Waals surface area contributed by atoms with Crippen LogP contribution in [0.5, 0.6) is 0 Å². The minimum absolute atomic E-state index is 0.0427. The van der Waals surface area contributed by atoms with Gasteiger partial charge in [-0.15, -0.1) is 0 Å². The predicted octanol–water partition coefficient (Wildman–Crippen LogP) is 2.60. The number of rotatable bonds is 15. The van der Waals surface area contributed by atoms with E-state index in [4.69, 9.17) is 0 Å². The summed E-state index contributed by atoms with van der Waals surface area (Å²) in [6, 6.07) is 13.3. The number of amides is 1. The lowest BCUT2D eigenvalue weighted by Gasteiger charge is -2.35. The highest BCUT2D eigenvalue weighted by atomic mass is 32.2. The molecular weight excluding hydrogens is 534 g/mol. The number of aliphatic hydroxyl groups is 1. The third kappa shape index (κ3) is 9.46. The molecule has 0 aliphatic carbocycles. The molecule has 1 amide bonds. The Hall–Kier alpha value is -2.87. The van der Waals surface area contributed by atoms with Crippen molar-refractivity contribution in [1.82, 2.24) is 9.21 Å². The maximum Gasteiger partial charge on any atom is 0.407 e. The van der Waals surface area contributed by atoms with Gasteiger partial charge >= 0.3 is 6.09 Å². The standard InChI is InChI=1S/C25H35N3O8S2/c1-19(2)17-27(38(35,36)22-11-9-21(10-12-22)16-26-32)18-24(29)23(15-20-7-5-4-6-8-20)28(25(30)31)13-14-37(3,33)34/h4-12,19,23-24,29H,13-18H2,1-3H3,(H,30,31)/t23-,24+/m0/s1. The van der Waals surface area contributed by atoms with E-state index in [1.807, 2.05) is 13.8 Å². The third-order valence-corrected chi connectivity index (χ3v) is 8.62. The van der Waals surface area contributed by atoms with E-state index in [0.29, 0.717) is 11.1 Å². The highest BCUT2D eigenvalue weighted by molar-refractivity contribution is 7.90. The zero-order chi connectivity index (χ0) is 28.5. The SMILES string of the molecule is CC(C)CN(C[C@@H](O)[C@H](Cc1ccccc1)N(CCS(C)(=O)=O)C(=O)O)S(=O)(=O)c1ccc(CN=O)cc1. The Morgan fingerprint density at radius 3 is 2.05 bits per heavy atom. The Labute approximate surface area is 224 Å². The quantitative estimate of drug-likeness (QED) is 0.309. The second-order valence-electron chi connectivity index (χ2n) is 9.58. The molecule has 0 fully saturated rings. The van der Waals surface area contributed by atoms with E-state index in [0.717, 1.165) is 15.5 Å². The van der Waals surface area contributed by atoms with E-state index in [9.17, 15) is 36.8 Å². The third-order valence-electron chi connectivity index (χ3n) is 5.85. The van der Waals surface area contributed by atoms with E-state index in [1.54, 1.807) is 30.3 Å². The average Bonchev–Trinajstić information content (AvgIpc) is 2.83. The van der Waals surface area contributed by atoms with Gasteiger partial charge in [0.05, 0.1) is 22.8 Å². The topological polar surface area (TPSA) is 162 Å². The second-order valence-corrected chi connectivity index (χ2v) is 13.8. The van der Waals surface area contributed by atoms with Gasteiger partial charge < -0.3 is 15.1 Å². The molecule has 0 saturated carbocycles. The van der Waals surface area contributed by atoms with Crippen molar-refractivity contribution in [3.63, 3.8) is 0 Å². The Morgan fingerprint density at radius 2 is 1.55 bits per heavy atom. The fraction of sp³-hybridized carbons (Fsp3) is 0.480. The zero-order valence-corrected chi connectivity index (χ0v) is 23.3. The van der Waals surface area contributed by atoms with E-state index < -0.39 is 50.4 Å². The Bertz CT molecular complexity index is 1270. The van der Waals surface area contributed by atoms with Crippen molar-refractivity contribution >= 4 is 26.0 Å². The molecule has 2 atom stereocenters. The van der Waals surface area contributed by atoms with Crippen molar-refractivity contribution in [2.75, 3.05) is 31.6 Å². The molecule has 13 heteroatoms. The fourth-order valence-corrected chi connectivity index (χ4v) is 6.13. The van der Waals surface area contributed by atoms with Crippen LogP contribution in [-0.4, -0.2) is 86.1 Å². The molecule has 2 N–H and O–H groups in total. The predicted molar refractivity (Wildman–Crippen MR) is 144 cm³/mol. The van der Waals surface area contributed by atoms with Gasteiger partial charge in [-0.3, -0.25) is 0 Å². The molecule has 2 rings (SSSR count). The molecule has 2 aromatic carbocycles. The van der Waals surface area contributed by atoms with Crippen LogP contribution in [0.25, 0.3) is 0 Å². The second kappa shape index (κ2) is 13.8. The molecule has 11 nitrogen and oxygen atoms in total. The summed E-state index contributed by atoms with van der Waals surface area (Å²) in [6.07, 6.45) is -1.87. The average molecular weight is 570 g/mol. The molecular formula is C25H35N3O8S2. The molecule has 2 aromatic rings. The highest BCUT2D eigenvalue weighted by Crippen LogP contribution is 2.22. The van der Waals surface area contributed by atoms with Gasteiger partial charge in [-0.1, -0.05) is 61.5 Å². The fourth-order valence-electron chi connectivity index (χ4n) is 3.98. The van der Waals surface area contributed by atoms with E-state index in [2.05, 4.69) is 5.18 Å². The van der Waals surface area contributed by atoms with E-state index >= 15 is 0 Å². The van der Waals surface area contributed by atoms with Crippen LogP contribution in [0.1, 0.15) is 25.0 Å². The Balaban J connectivity index is 2.44. The maximum atomic E-state index is 13.5. The first-order valence-corrected chi connectivity index (χ1v) is 15.5. The van der Waals surface area contributed by atoms with Crippen LogP contribution in [0.4, 0.5) is 4.79 Å². The van der Waals surface area contributed by atoms with Gasteiger partial charge in [-0.25, -0.2) is 21.6 Å².